The second-order valence-electron chi connectivity index (χ2n) is 20.5. The van der Waals surface area contributed by atoms with Gasteiger partial charge >= 0.3 is 5.97 Å². The number of rotatable bonds is 9. The number of aromatic nitrogens is 3. The van der Waals surface area contributed by atoms with Crippen LogP contribution in [-0.4, -0.2) is 94.4 Å². The molecule has 2 aliphatic heterocycles. The first-order valence-corrected chi connectivity index (χ1v) is 21.0. The summed E-state index contributed by atoms with van der Waals surface area (Å²) in [5.74, 6) is 0.368. The quantitative estimate of drug-likeness (QED) is 0.266. The first kappa shape index (κ1) is 39.9. The molecule has 3 heterocycles. The van der Waals surface area contributed by atoms with Crippen LogP contribution < -0.4 is 5.73 Å². The van der Waals surface area contributed by atoms with Crippen molar-refractivity contribution >= 4 is 11.9 Å². The monoisotopic (exact) mass is 752 g/mol. The minimum atomic E-state index is -0.658. The van der Waals surface area contributed by atoms with Crippen LogP contribution in [0.15, 0.2) is 18.0 Å². The zero-order valence-corrected chi connectivity index (χ0v) is 34.8. The molecule has 0 radical (unpaired) electrons. The molecule has 12 atom stereocenters. The van der Waals surface area contributed by atoms with Crippen LogP contribution >= 0.6 is 0 Å². The topological polar surface area (TPSA) is 142 Å². The Morgan fingerprint density at radius 3 is 2.39 bits per heavy atom. The van der Waals surface area contributed by atoms with Gasteiger partial charge in [0.15, 0.2) is 0 Å². The average Bonchev–Trinajstić information content (AvgIpc) is 3.61. The van der Waals surface area contributed by atoms with Crippen LogP contribution in [0.4, 0.5) is 0 Å². The molecular weight excluding hydrogens is 683 g/mol. The average molecular weight is 752 g/mol. The lowest BCUT2D eigenvalue weighted by atomic mass is 9.34. The first-order valence-electron chi connectivity index (χ1n) is 21.0. The number of amides is 1. The zero-order chi connectivity index (χ0) is 39.2. The normalized spacial score (nSPS) is 42.4. The maximum absolute atomic E-state index is 14.1. The molecule has 0 aromatic carbocycles. The SMILES string of the molecule is CC(C)[C@@H](C)[C@@]1(C)CC[C@]2(C)[C@H]3CC[C@@H]4[C@@]5(C)COC[C@@]4(C3=CC[C@@]2(C)[C@@H]1C(=O)O)[C@@H](OC[C@](C)(N)C(C)C)[C@H](n1ncnc1C(=O)N1CCOCC1)C5. The highest BCUT2D eigenvalue weighted by Gasteiger charge is 2.73. The molecule has 11 nitrogen and oxygen atoms in total. The van der Waals surface area contributed by atoms with E-state index in [4.69, 9.17) is 25.0 Å². The van der Waals surface area contributed by atoms with E-state index in [1.54, 1.807) is 0 Å². The molecule has 4 aliphatic carbocycles. The van der Waals surface area contributed by atoms with Crippen LogP contribution in [0.2, 0.25) is 0 Å². The van der Waals surface area contributed by atoms with Gasteiger partial charge in [-0.25, -0.2) is 9.67 Å². The summed E-state index contributed by atoms with van der Waals surface area (Å²) >= 11 is 0. The van der Waals surface area contributed by atoms with Crippen molar-refractivity contribution in [2.24, 2.45) is 68.3 Å². The highest BCUT2D eigenvalue weighted by Crippen LogP contribution is 2.75. The lowest BCUT2D eigenvalue weighted by molar-refractivity contribution is -0.254. The fourth-order valence-corrected chi connectivity index (χ4v) is 13.1. The number of hydrogen-bond acceptors (Lipinski definition) is 8. The molecule has 1 aromatic heterocycles. The van der Waals surface area contributed by atoms with E-state index in [0.29, 0.717) is 64.3 Å². The number of morpholine rings is 1. The van der Waals surface area contributed by atoms with Gasteiger partial charge in [0.05, 0.1) is 51.1 Å². The fourth-order valence-electron chi connectivity index (χ4n) is 13.1. The van der Waals surface area contributed by atoms with Crippen LogP contribution in [0, 0.1) is 62.6 Å². The van der Waals surface area contributed by atoms with Crippen molar-refractivity contribution in [3.63, 3.8) is 0 Å². The Kier molecular flexibility index (Phi) is 10.1. The van der Waals surface area contributed by atoms with Crippen LogP contribution in [0.5, 0.6) is 0 Å². The van der Waals surface area contributed by atoms with E-state index in [9.17, 15) is 14.7 Å². The van der Waals surface area contributed by atoms with Crippen LogP contribution in [-0.2, 0) is 19.0 Å². The van der Waals surface area contributed by atoms with Gasteiger partial charge in [0.1, 0.15) is 6.33 Å². The lowest BCUT2D eigenvalue weighted by Gasteiger charge is -2.71. The van der Waals surface area contributed by atoms with Gasteiger partial charge in [-0.1, -0.05) is 74.0 Å². The molecule has 0 spiro atoms. The van der Waals surface area contributed by atoms with E-state index in [2.05, 4.69) is 80.3 Å². The van der Waals surface area contributed by atoms with Crippen molar-refractivity contribution < 1.29 is 28.9 Å². The molecular formula is C43H69N5O6. The molecule has 7 rings (SSSR count). The van der Waals surface area contributed by atoms with Gasteiger partial charge < -0.3 is 30.0 Å². The Labute approximate surface area is 323 Å². The van der Waals surface area contributed by atoms with Crippen molar-refractivity contribution in [1.29, 1.82) is 0 Å². The Balaban J connectivity index is 1.38. The summed E-state index contributed by atoms with van der Waals surface area (Å²) < 4.78 is 21.5. The van der Waals surface area contributed by atoms with Gasteiger partial charge in [-0.2, -0.15) is 5.10 Å². The van der Waals surface area contributed by atoms with Crippen LogP contribution in [0.1, 0.15) is 124 Å². The number of carboxylic acid groups (broad SMARTS) is 1. The number of nitrogens with zero attached hydrogens (tertiary/aromatic N) is 4. The maximum atomic E-state index is 14.1. The van der Waals surface area contributed by atoms with E-state index in [1.165, 1.54) is 11.9 Å². The molecule has 3 saturated carbocycles. The van der Waals surface area contributed by atoms with Gasteiger partial charge in [0.2, 0.25) is 5.82 Å². The first-order chi connectivity index (χ1) is 25.3. The zero-order valence-electron chi connectivity index (χ0n) is 34.8. The molecule has 302 valence electrons. The highest BCUT2D eigenvalue weighted by molar-refractivity contribution is 5.90. The molecule has 0 unspecified atom stereocenters. The van der Waals surface area contributed by atoms with Gasteiger partial charge in [0, 0.05) is 24.0 Å². The largest absolute Gasteiger partial charge is 0.481 e. The smallest absolute Gasteiger partial charge is 0.307 e. The summed E-state index contributed by atoms with van der Waals surface area (Å²) in [7, 11) is 0. The van der Waals surface area contributed by atoms with E-state index < -0.39 is 28.3 Å². The van der Waals surface area contributed by atoms with Crippen LogP contribution in [0.25, 0.3) is 0 Å². The third-order valence-electron chi connectivity index (χ3n) is 17.3. The van der Waals surface area contributed by atoms with E-state index in [-0.39, 0.29) is 58.0 Å². The second kappa shape index (κ2) is 13.7. The third kappa shape index (κ3) is 5.70. The highest BCUT2D eigenvalue weighted by atomic mass is 16.5. The van der Waals surface area contributed by atoms with E-state index in [0.717, 1.165) is 32.1 Å². The Bertz CT molecular complexity index is 1630. The number of hydrogen-bond donors (Lipinski definition) is 2. The summed E-state index contributed by atoms with van der Waals surface area (Å²) in [5.41, 5.74) is 6.06. The van der Waals surface area contributed by atoms with Crippen molar-refractivity contribution in [1.82, 2.24) is 19.7 Å². The lowest BCUT2D eigenvalue weighted by Crippen LogP contribution is -2.70. The second-order valence-corrected chi connectivity index (χ2v) is 20.5. The number of aliphatic carboxylic acids is 1. The third-order valence-corrected chi connectivity index (χ3v) is 17.3. The van der Waals surface area contributed by atoms with Gasteiger partial charge in [0.25, 0.3) is 5.91 Å². The van der Waals surface area contributed by atoms with E-state index >= 15 is 0 Å². The summed E-state index contributed by atoms with van der Waals surface area (Å²) in [6.45, 7) is 26.0. The predicted molar refractivity (Wildman–Crippen MR) is 207 cm³/mol. The summed E-state index contributed by atoms with van der Waals surface area (Å²) in [6.07, 6.45) is 8.91. The van der Waals surface area contributed by atoms with Gasteiger partial charge in [-0.3, -0.25) is 9.59 Å². The molecule has 6 aliphatic rings. The number of carboxylic acids is 1. The fraction of sp³-hybridized carbons (Fsp3) is 0.860. The number of ether oxygens (including phenoxy) is 3. The molecule has 5 fully saturated rings. The minimum Gasteiger partial charge on any atom is -0.481 e. The molecule has 2 bridgehead atoms. The number of carbonyl (C=O) groups excluding carboxylic acids is 1. The minimum absolute atomic E-state index is 0.131. The number of fused-ring (bicyclic) bond motifs is 3. The number of allylic oxidation sites excluding steroid dienone is 1. The Morgan fingerprint density at radius 1 is 1.04 bits per heavy atom. The molecule has 2 saturated heterocycles. The standard InChI is InChI=1S/C43H69N5O6/c1-26(2)28(5)39(7)15-16-40(8)29-11-12-32-38(6)21-31(48-35(45-25-46-48)36(49)47-17-19-52-20-18-47)34(54-23-42(10,44)27(3)4)43(32,24-53-22-38)30(29)13-14-41(40,9)33(39)37(50)51/h13,25-29,31-34H,11-12,14-24,44H2,1-10H3,(H,50,51)/t28-,29+,31-,32-,33-,34+,38-,39-,40-,41+,42+,43+/m1/s1. The molecule has 3 N–H and O–H groups in total. The van der Waals surface area contributed by atoms with Gasteiger partial charge in [-0.15, -0.1) is 0 Å². The van der Waals surface area contributed by atoms with Crippen molar-refractivity contribution in [2.45, 2.75) is 125 Å². The van der Waals surface area contributed by atoms with Crippen LogP contribution in [0.3, 0.4) is 0 Å². The molecule has 11 heteroatoms. The van der Waals surface area contributed by atoms with Crippen molar-refractivity contribution in [3.8, 4) is 0 Å². The Hall–Kier alpha value is -2.34. The van der Waals surface area contributed by atoms with Crippen molar-refractivity contribution in [3.05, 3.63) is 23.8 Å². The van der Waals surface area contributed by atoms with Crippen molar-refractivity contribution in [2.75, 3.05) is 46.1 Å². The van der Waals surface area contributed by atoms with E-state index in [1.807, 2.05) is 9.58 Å². The summed E-state index contributed by atoms with van der Waals surface area (Å²) in [5, 5.41) is 16.0. The molecule has 1 amide bonds. The predicted octanol–water partition coefficient (Wildman–Crippen LogP) is 6.64. The Morgan fingerprint density at radius 2 is 1.74 bits per heavy atom. The maximum Gasteiger partial charge on any atom is 0.307 e. The molecule has 1 aromatic rings. The number of carbonyl (C=O) groups is 2. The summed E-state index contributed by atoms with van der Waals surface area (Å²) in [6, 6.07) is -0.283. The summed E-state index contributed by atoms with van der Waals surface area (Å²) in [4.78, 5) is 34.2. The number of nitrogens with two attached hydrogens (primary N) is 1. The molecule has 54 heavy (non-hydrogen) atoms. The van der Waals surface area contributed by atoms with Gasteiger partial charge in [-0.05, 0) is 96.7 Å².